The second-order valence-corrected chi connectivity index (χ2v) is 4.88. The molecule has 0 spiro atoms. The molecule has 1 saturated carbocycles. The van der Waals surface area contributed by atoms with E-state index >= 15 is 0 Å². The van der Waals surface area contributed by atoms with Gasteiger partial charge in [-0.1, -0.05) is 6.07 Å². The fourth-order valence-electron chi connectivity index (χ4n) is 1.31. The van der Waals surface area contributed by atoms with E-state index in [1.807, 2.05) is 35.6 Å². The maximum atomic E-state index is 13.8. The van der Waals surface area contributed by atoms with Crippen LogP contribution < -0.4 is 5.73 Å². The van der Waals surface area contributed by atoms with E-state index in [2.05, 4.69) is 4.99 Å². The Morgan fingerprint density at radius 2 is 2.20 bits per heavy atom. The van der Waals surface area contributed by atoms with Crippen molar-refractivity contribution in [3.05, 3.63) is 32.6 Å². The van der Waals surface area contributed by atoms with E-state index in [-0.39, 0.29) is 5.82 Å². The molecule has 1 aliphatic carbocycles. The van der Waals surface area contributed by atoms with E-state index < -0.39 is 0 Å². The molecule has 80 valence electrons. The van der Waals surface area contributed by atoms with Crippen LogP contribution in [0, 0.1) is 16.3 Å². The average Bonchev–Trinajstić information content (AvgIpc) is 2.98. The fraction of sp³-hybridized carbons (Fsp3) is 0.364. The normalized spacial score (nSPS) is 16.9. The molecule has 1 aromatic carbocycles. The summed E-state index contributed by atoms with van der Waals surface area (Å²) in [7, 11) is 0. The third-order valence-corrected chi connectivity index (χ3v) is 3.74. The Labute approximate surface area is 102 Å². The van der Waals surface area contributed by atoms with Crippen molar-refractivity contribution in [3.8, 4) is 0 Å². The summed E-state index contributed by atoms with van der Waals surface area (Å²) >= 11 is 1.99. The molecule has 1 aliphatic rings. The second-order valence-electron chi connectivity index (χ2n) is 3.80. The van der Waals surface area contributed by atoms with Crippen molar-refractivity contribution < 1.29 is 4.39 Å². The van der Waals surface area contributed by atoms with Gasteiger partial charge in [-0.2, -0.15) is 0 Å². The van der Waals surface area contributed by atoms with Crippen molar-refractivity contribution in [1.82, 2.24) is 0 Å². The predicted molar refractivity (Wildman–Crippen MR) is 67.6 cm³/mol. The minimum absolute atomic E-state index is 0.252. The Morgan fingerprint density at radius 3 is 2.80 bits per heavy atom. The van der Waals surface area contributed by atoms with E-state index in [0.29, 0.717) is 21.0 Å². The van der Waals surface area contributed by atoms with Gasteiger partial charge in [-0.3, -0.25) is 4.99 Å². The number of halogens is 2. The van der Waals surface area contributed by atoms with Crippen LogP contribution in [0.1, 0.15) is 24.0 Å². The van der Waals surface area contributed by atoms with Crippen LogP contribution in [-0.4, -0.2) is 11.9 Å². The molecule has 2 nitrogen and oxygen atoms in total. The van der Waals surface area contributed by atoms with E-state index in [0.717, 1.165) is 18.4 Å². The summed E-state index contributed by atoms with van der Waals surface area (Å²) in [5, 5.41) is 0. The van der Waals surface area contributed by atoms with Crippen molar-refractivity contribution in [1.29, 1.82) is 0 Å². The lowest BCUT2D eigenvalue weighted by Crippen LogP contribution is -2.17. The van der Waals surface area contributed by atoms with Crippen LogP contribution in [0.4, 0.5) is 4.39 Å². The first kappa shape index (κ1) is 10.9. The molecule has 0 bridgehead atoms. The van der Waals surface area contributed by atoms with Gasteiger partial charge in [-0.05, 0) is 54.0 Å². The lowest BCUT2D eigenvalue weighted by atomic mass is 10.1. The maximum Gasteiger partial charge on any atom is 0.147 e. The predicted octanol–water partition coefficient (Wildman–Crippen LogP) is 2.61. The summed E-state index contributed by atoms with van der Waals surface area (Å²) in [6.45, 7) is 1.88. The molecule has 0 atom stereocenters. The molecule has 4 heteroatoms. The van der Waals surface area contributed by atoms with Crippen LogP contribution in [0.15, 0.2) is 17.1 Å². The van der Waals surface area contributed by atoms with Crippen molar-refractivity contribution in [2.24, 2.45) is 10.7 Å². The Balaban J connectivity index is 2.39. The third kappa shape index (κ3) is 2.30. The van der Waals surface area contributed by atoms with Crippen molar-refractivity contribution in [2.45, 2.75) is 25.8 Å². The highest BCUT2D eigenvalue weighted by atomic mass is 127. The molecule has 2 rings (SSSR count). The molecule has 2 N–H and O–H groups in total. The number of nitrogens with zero attached hydrogens (tertiary/aromatic N) is 1. The molecule has 1 fully saturated rings. The van der Waals surface area contributed by atoms with Gasteiger partial charge in [-0.15, -0.1) is 0 Å². The number of hydrogen-bond donors (Lipinski definition) is 1. The Bertz CT molecular complexity index is 425. The largest absolute Gasteiger partial charge is 0.383 e. The Hall–Kier alpha value is -0.650. The van der Waals surface area contributed by atoms with Crippen molar-refractivity contribution in [3.63, 3.8) is 0 Å². The lowest BCUT2D eigenvalue weighted by molar-refractivity contribution is 0.616. The van der Waals surface area contributed by atoms with Crippen LogP contribution in [0.5, 0.6) is 0 Å². The maximum absolute atomic E-state index is 13.8. The second kappa shape index (κ2) is 4.08. The molecule has 0 aliphatic heterocycles. The summed E-state index contributed by atoms with van der Waals surface area (Å²) in [5.41, 5.74) is 7.12. The van der Waals surface area contributed by atoms with Gasteiger partial charge >= 0.3 is 0 Å². The highest BCUT2D eigenvalue weighted by molar-refractivity contribution is 14.1. The van der Waals surface area contributed by atoms with E-state index in [4.69, 9.17) is 5.73 Å². The van der Waals surface area contributed by atoms with Crippen LogP contribution in [0.25, 0.3) is 0 Å². The number of aliphatic imine (C=N–C) groups is 1. The molecular weight excluding hydrogens is 306 g/mol. The zero-order valence-electron chi connectivity index (χ0n) is 8.43. The molecule has 15 heavy (non-hydrogen) atoms. The number of benzene rings is 1. The van der Waals surface area contributed by atoms with E-state index in [9.17, 15) is 4.39 Å². The van der Waals surface area contributed by atoms with Gasteiger partial charge in [0.25, 0.3) is 0 Å². The summed E-state index contributed by atoms with van der Waals surface area (Å²) in [4.78, 5) is 4.24. The number of aryl methyl sites for hydroxylation is 1. The smallest absolute Gasteiger partial charge is 0.147 e. The van der Waals surface area contributed by atoms with Gasteiger partial charge in [0.2, 0.25) is 0 Å². The molecule has 0 aromatic heterocycles. The summed E-state index contributed by atoms with van der Waals surface area (Å²) < 4.78 is 14.4. The first-order valence-corrected chi connectivity index (χ1v) is 5.95. The van der Waals surface area contributed by atoms with E-state index in [1.54, 1.807) is 6.07 Å². The van der Waals surface area contributed by atoms with Gasteiger partial charge in [0.1, 0.15) is 11.7 Å². The van der Waals surface area contributed by atoms with Gasteiger partial charge in [0, 0.05) is 0 Å². The quantitative estimate of drug-likeness (QED) is 0.508. The first-order chi connectivity index (χ1) is 7.09. The number of nitrogens with two attached hydrogens (primary N) is 1. The van der Waals surface area contributed by atoms with Gasteiger partial charge in [0.15, 0.2) is 0 Å². The first-order valence-electron chi connectivity index (χ1n) is 4.88. The number of rotatable bonds is 2. The SMILES string of the molecule is Cc1ccc(C(N)=NC2CC2)c(F)c1I. The summed E-state index contributed by atoms with van der Waals surface area (Å²) in [6, 6.07) is 3.90. The highest BCUT2D eigenvalue weighted by Gasteiger charge is 2.21. The van der Waals surface area contributed by atoms with Crippen LogP contribution in [-0.2, 0) is 0 Å². The third-order valence-electron chi connectivity index (χ3n) is 2.42. The topological polar surface area (TPSA) is 38.4 Å². The standard InChI is InChI=1S/C11H12FIN2/c1-6-2-5-8(9(12)10(6)13)11(14)15-7-3-4-7/h2,5,7H,3-4H2,1H3,(H2,14,15). The summed E-state index contributed by atoms with van der Waals surface area (Å²) in [5.74, 6) is 0.0745. The molecular formula is C11H12FIN2. The Morgan fingerprint density at radius 1 is 1.53 bits per heavy atom. The van der Waals surface area contributed by atoms with Crippen LogP contribution in [0.3, 0.4) is 0 Å². The number of hydrogen-bond acceptors (Lipinski definition) is 1. The zero-order valence-corrected chi connectivity index (χ0v) is 10.6. The monoisotopic (exact) mass is 318 g/mol. The van der Waals surface area contributed by atoms with Gasteiger partial charge in [0.05, 0.1) is 15.2 Å². The van der Waals surface area contributed by atoms with Gasteiger partial charge < -0.3 is 5.73 Å². The van der Waals surface area contributed by atoms with E-state index in [1.165, 1.54) is 0 Å². The summed E-state index contributed by atoms with van der Waals surface area (Å²) in [6.07, 6.45) is 2.15. The van der Waals surface area contributed by atoms with Crippen molar-refractivity contribution >= 4 is 28.4 Å². The molecule has 0 radical (unpaired) electrons. The lowest BCUT2D eigenvalue weighted by Gasteiger charge is -2.06. The Kier molecular flexibility index (Phi) is 2.95. The molecule has 1 aromatic rings. The zero-order chi connectivity index (χ0) is 11.0. The number of amidine groups is 1. The molecule has 0 saturated heterocycles. The minimum atomic E-state index is -0.252. The van der Waals surface area contributed by atoms with Gasteiger partial charge in [-0.25, -0.2) is 4.39 Å². The fourth-order valence-corrected chi connectivity index (χ4v) is 1.78. The average molecular weight is 318 g/mol. The van der Waals surface area contributed by atoms with Crippen LogP contribution in [0.2, 0.25) is 0 Å². The molecule has 0 heterocycles. The molecule has 0 unspecified atom stereocenters. The highest BCUT2D eigenvalue weighted by Crippen LogP contribution is 2.25. The van der Waals surface area contributed by atoms with Crippen molar-refractivity contribution in [2.75, 3.05) is 0 Å². The van der Waals surface area contributed by atoms with Crippen LogP contribution >= 0.6 is 22.6 Å². The molecule has 0 amide bonds. The minimum Gasteiger partial charge on any atom is -0.383 e.